The van der Waals surface area contributed by atoms with Crippen molar-refractivity contribution in [1.29, 1.82) is 0 Å². The van der Waals surface area contributed by atoms with Crippen LogP contribution in [0, 0.1) is 34.5 Å². The zero-order chi connectivity index (χ0) is 26.4. The molecule has 0 aromatic heterocycles. The molecule has 8 heteroatoms. The topological polar surface area (TPSA) is 108 Å². The molecule has 4 aliphatic carbocycles. The van der Waals surface area contributed by atoms with Crippen LogP contribution in [0.1, 0.15) is 48.0 Å². The summed E-state index contributed by atoms with van der Waals surface area (Å²) in [7, 11) is 1.21. The van der Waals surface area contributed by atoms with Crippen LogP contribution in [0.15, 0.2) is 35.5 Å². The van der Waals surface area contributed by atoms with Gasteiger partial charge in [0.15, 0.2) is 23.3 Å². The molecule has 36 heavy (non-hydrogen) atoms. The van der Waals surface area contributed by atoms with Crippen molar-refractivity contribution in [3.8, 4) is 0 Å². The summed E-state index contributed by atoms with van der Waals surface area (Å²) >= 11 is 0. The van der Waals surface area contributed by atoms with E-state index in [2.05, 4.69) is 18.6 Å². The first-order chi connectivity index (χ1) is 16.7. The van der Waals surface area contributed by atoms with Gasteiger partial charge in [-0.1, -0.05) is 32.9 Å². The molecular weight excluding hydrogens is 464 g/mol. The van der Waals surface area contributed by atoms with Gasteiger partial charge in [-0.05, 0) is 61.5 Å². The van der Waals surface area contributed by atoms with Gasteiger partial charge in [0.2, 0.25) is 0 Å². The molecule has 2 saturated carbocycles. The molecule has 8 nitrogen and oxygen atoms in total. The van der Waals surface area contributed by atoms with Crippen LogP contribution < -0.4 is 0 Å². The first kappa shape index (κ1) is 25.4. The maximum absolute atomic E-state index is 14.6. The van der Waals surface area contributed by atoms with Gasteiger partial charge in [-0.2, -0.15) is 0 Å². The summed E-state index contributed by atoms with van der Waals surface area (Å²) in [6.07, 6.45) is 4.42. The van der Waals surface area contributed by atoms with Crippen LogP contribution in [0.3, 0.4) is 0 Å². The highest BCUT2D eigenvalue weighted by Gasteiger charge is 2.77. The molecule has 5 rings (SSSR count). The third-order valence-corrected chi connectivity index (χ3v) is 9.46. The van der Waals surface area contributed by atoms with E-state index >= 15 is 0 Å². The lowest BCUT2D eigenvalue weighted by atomic mass is 9.59. The number of aliphatic hydroxyl groups is 1. The second kappa shape index (κ2) is 7.85. The number of ketones is 1. The predicted molar refractivity (Wildman–Crippen MR) is 128 cm³/mol. The van der Waals surface area contributed by atoms with Gasteiger partial charge in [-0.3, -0.25) is 4.79 Å². The Kier molecular flexibility index (Phi) is 5.53. The first-order valence-corrected chi connectivity index (χ1v) is 12.7. The summed E-state index contributed by atoms with van der Waals surface area (Å²) in [4.78, 5) is 38.8. The number of carbonyl (C=O) groups excluding carboxylic acids is 3. The van der Waals surface area contributed by atoms with E-state index in [0.717, 1.165) is 18.6 Å². The fourth-order valence-electron chi connectivity index (χ4n) is 7.66. The van der Waals surface area contributed by atoms with Crippen LogP contribution in [0.5, 0.6) is 0 Å². The molecule has 1 saturated heterocycles. The second-order valence-electron chi connectivity index (χ2n) is 12.2. The molecular formula is C28H36O8. The molecule has 2 bridgehead atoms. The van der Waals surface area contributed by atoms with Crippen LogP contribution in [0.4, 0.5) is 0 Å². The highest BCUT2D eigenvalue weighted by molar-refractivity contribution is 5.96. The fourth-order valence-corrected chi connectivity index (χ4v) is 7.66. The number of ether oxygens (including phenoxy) is 4. The van der Waals surface area contributed by atoms with E-state index in [1.807, 2.05) is 19.1 Å². The molecule has 0 aromatic carbocycles. The summed E-state index contributed by atoms with van der Waals surface area (Å²) in [5, 5.41) is 12.8. The minimum Gasteiger partial charge on any atom is -0.466 e. The van der Waals surface area contributed by atoms with Crippen molar-refractivity contribution in [2.45, 2.75) is 71.6 Å². The maximum atomic E-state index is 14.6. The zero-order valence-electron chi connectivity index (χ0n) is 22.0. The maximum Gasteiger partial charge on any atom is 0.331 e. The van der Waals surface area contributed by atoms with Crippen molar-refractivity contribution in [2.24, 2.45) is 34.5 Å². The average molecular weight is 501 g/mol. The summed E-state index contributed by atoms with van der Waals surface area (Å²) in [5.41, 5.74) is -1.89. The molecule has 0 radical (unpaired) electrons. The second-order valence-corrected chi connectivity index (χ2v) is 12.2. The quantitative estimate of drug-likeness (QED) is 0.358. The van der Waals surface area contributed by atoms with Crippen molar-refractivity contribution >= 4 is 17.7 Å². The SMILES string of the molecule is COC(=O)/C=C/C(=O)OC1C(C)=CC23C(=O)C(C=C4COC(C)(C)OC4C12O)C1C(C[C@H]3C)C1(C)C. The Bertz CT molecular complexity index is 1110. The van der Waals surface area contributed by atoms with Crippen LogP contribution in [-0.2, 0) is 33.3 Å². The molecule has 8 atom stereocenters. The average Bonchev–Trinajstić information content (AvgIpc) is 3.30. The number of methoxy groups -OCH3 is 1. The fraction of sp³-hybridized carbons (Fsp3) is 0.679. The molecule has 3 fully saturated rings. The molecule has 1 heterocycles. The van der Waals surface area contributed by atoms with Crippen LogP contribution in [0.25, 0.3) is 0 Å². The number of Topliss-reactive ketones (excluding diaryl/α,β-unsaturated/α-hetero) is 1. The number of esters is 2. The molecule has 1 aliphatic heterocycles. The first-order valence-electron chi connectivity index (χ1n) is 12.7. The van der Waals surface area contributed by atoms with Gasteiger partial charge in [0.1, 0.15) is 6.10 Å². The summed E-state index contributed by atoms with van der Waals surface area (Å²) in [6.45, 7) is 11.9. The van der Waals surface area contributed by atoms with Gasteiger partial charge in [0, 0.05) is 18.1 Å². The Balaban J connectivity index is 1.65. The normalized spacial score (nSPS) is 43.7. The molecule has 0 aromatic rings. The molecule has 7 unspecified atom stereocenters. The Morgan fingerprint density at radius 2 is 1.83 bits per heavy atom. The lowest BCUT2D eigenvalue weighted by Gasteiger charge is -2.52. The molecule has 0 amide bonds. The third-order valence-electron chi connectivity index (χ3n) is 9.46. The Labute approximate surface area is 211 Å². The monoisotopic (exact) mass is 500 g/mol. The van der Waals surface area contributed by atoms with Crippen molar-refractivity contribution < 1.29 is 38.4 Å². The number of hydrogen-bond acceptors (Lipinski definition) is 8. The molecule has 196 valence electrons. The summed E-state index contributed by atoms with van der Waals surface area (Å²) in [6, 6.07) is 0. The number of fused-ring (bicyclic) bond motifs is 5. The van der Waals surface area contributed by atoms with Gasteiger partial charge in [-0.25, -0.2) is 9.59 Å². The van der Waals surface area contributed by atoms with Crippen LogP contribution in [-0.4, -0.2) is 60.1 Å². The van der Waals surface area contributed by atoms with E-state index in [1.54, 1.807) is 20.8 Å². The Morgan fingerprint density at radius 3 is 2.50 bits per heavy atom. The van der Waals surface area contributed by atoms with Crippen molar-refractivity contribution in [3.63, 3.8) is 0 Å². The van der Waals surface area contributed by atoms with Gasteiger partial charge in [-0.15, -0.1) is 0 Å². The van der Waals surface area contributed by atoms with Crippen molar-refractivity contribution in [3.05, 3.63) is 35.5 Å². The van der Waals surface area contributed by atoms with Crippen LogP contribution in [0.2, 0.25) is 0 Å². The van der Waals surface area contributed by atoms with E-state index in [4.69, 9.17) is 14.2 Å². The number of carbonyl (C=O) groups is 3. The number of hydrogen-bond donors (Lipinski definition) is 1. The Hall–Kier alpha value is -2.29. The molecule has 5 aliphatic rings. The van der Waals surface area contributed by atoms with E-state index in [1.165, 1.54) is 7.11 Å². The minimum absolute atomic E-state index is 0.0166. The lowest BCUT2D eigenvalue weighted by Crippen LogP contribution is -2.68. The van der Waals surface area contributed by atoms with Gasteiger partial charge in [0.05, 0.1) is 19.1 Å². The summed E-state index contributed by atoms with van der Waals surface area (Å²) < 4.78 is 22.7. The highest BCUT2D eigenvalue weighted by Crippen LogP contribution is 2.72. The van der Waals surface area contributed by atoms with E-state index < -0.39 is 46.9 Å². The van der Waals surface area contributed by atoms with E-state index in [-0.39, 0.29) is 29.6 Å². The van der Waals surface area contributed by atoms with Crippen molar-refractivity contribution in [2.75, 3.05) is 13.7 Å². The lowest BCUT2D eigenvalue weighted by molar-refractivity contribution is -0.303. The number of rotatable bonds is 3. The van der Waals surface area contributed by atoms with E-state index in [0.29, 0.717) is 17.1 Å². The van der Waals surface area contributed by atoms with Gasteiger partial charge in [0.25, 0.3) is 0 Å². The highest BCUT2D eigenvalue weighted by atomic mass is 16.7. The van der Waals surface area contributed by atoms with Crippen molar-refractivity contribution in [1.82, 2.24) is 0 Å². The van der Waals surface area contributed by atoms with Gasteiger partial charge < -0.3 is 24.1 Å². The smallest absolute Gasteiger partial charge is 0.331 e. The zero-order valence-corrected chi connectivity index (χ0v) is 22.0. The Morgan fingerprint density at radius 1 is 1.17 bits per heavy atom. The van der Waals surface area contributed by atoms with Gasteiger partial charge >= 0.3 is 11.9 Å². The van der Waals surface area contributed by atoms with E-state index in [9.17, 15) is 19.5 Å². The molecule has 1 spiro atoms. The standard InChI is InChI=1S/C28H36O8/c1-14-12-27-15(2)10-18-21(25(18,3)4)17(22(27)31)11-16-13-34-26(5,6)36-24(16)28(27,32)23(14)35-20(30)9-8-19(29)33-7/h8-9,11-12,15,17-18,21,23-24,32H,10,13H2,1-7H3/b9-8+/t15-,17?,18?,21?,23?,24?,27?,28?/m1/s1. The predicted octanol–water partition coefficient (Wildman–Crippen LogP) is 2.89. The largest absolute Gasteiger partial charge is 0.466 e. The summed E-state index contributed by atoms with van der Waals surface area (Å²) in [5.74, 6) is -2.70. The number of allylic oxidation sites excluding steroid dienone is 1. The minimum atomic E-state index is -1.88. The molecule has 1 N–H and O–H groups in total. The third kappa shape index (κ3) is 3.26. The van der Waals surface area contributed by atoms with Crippen LogP contribution >= 0.6 is 0 Å².